The summed E-state index contributed by atoms with van der Waals surface area (Å²) in [6.07, 6.45) is -4.22. The van der Waals surface area contributed by atoms with Gasteiger partial charge in [-0.05, 0) is 19.1 Å². The van der Waals surface area contributed by atoms with Crippen LogP contribution in [0.2, 0.25) is 0 Å². The summed E-state index contributed by atoms with van der Waals surface area (Å²) < 4.78 is 43.5. The highest BCUT2D eigenvalue weighted by atomic mass is 19.4. The minimum atomic E-state index is -4.55. The molecular formula is C13H12F3N3O2. The Kier molecular flexibility index (Phi) is 4.15. The number of H-pyrrole nitrogens is 1. The zero-order chi connectivity index (χ0) is 15.5. The van der Waals surface area contributed by atoms with Crippen LogP contribution in [0.25, 0.3) is 0 Å². The summed E-state index contributed by atoms with van der Waals surface area (Å²) in [6, 6.07) is 6.24. The van der Waals surface area contributed by atoms with Crippen LogP contribution in [0.3, 0.4) is 0 Å². The number of nitrogens with zero attached hydrogens (tertiary/aromatic N) is 1. The second kappa shape index (κ2) is 5.86. The average molecular weight is 299 g/mol. The summed E-state index contributed by atoms with van der Waals surface area (Å²) in [7, 11) is 0. The molecule has 0 aliphatic carbocycles. The Morgan fingerprint density at radius 2 is 2.05 bits per heavy atom. The van der Waals surface area contributed by atoms with Crippen molar-refractivity contribution >= 4 is 11.7 Å². The predicted molar refractivity (Wildman–Crippen MR) is 68.8 cm³/mol. The number of anilines is 1. The Labute approximate surface area is 118 Å². The second-order valence-corrected chi connectivity index (χ2v) is 4.21. The van der Waals surface area contributed by atoms with Crippen molar-refractivity contribution in [3.63, 3.8) is 0 Å². The molecule has 112 valence electrons. The SMILES string of the molecule is CC(Oc1ccccc1C(F)(F)F)C(=O)Nc1ccn[nH]1. The topological polar surface area (TPSA) is 67.0 Å². The fourth-order valence-electron chi connectivity index (χ4n) is 1.61. The molecule has 1 atom stereocenters. The maximum atomic E-state index is 12.8. The minimum Gasteiger partial charge on any atom is -0.480 e. The van der Waals surface area contributed by atoms with Crippen molar-refractivity contribution in [3.8, 4) is 5.75 Å². The second-order valence-electron chi connectivity index (χ2n) is 4.21. The molecule has 0 aliphatic heterocycles. The van der Waals surface area contributed by atoms with Gasteiger partial charge in [-0.2, -0.15) is 18.3 Å². The van der Waals surface area contributed by atoms with E-state index in [0.717, 1.165) is 6.07 Å². The van der Waals surface area contributed by atoms with Gasteiger partial charge in [-0.25, -0.2) is 0 Å². The number of aromatic amines is 1. The first-order chi connectivity index (χ1) is 9.88. The van der Waals surface area contributed by atoms with E-state index in [1.807, 2.05) is 0 Å². The number of ether oxygens (including phenoxy) is 1. The van der Waals surface area contributed by atoms with Crippen LogP contribution in [0.5, 0.6) is 5.75 Å². The molecule has 0 saturated carbocycles. The van der Waals surface area contributed by atoms with Gasteiger partial charge in [-0.1, -0.05) is 12.1 Å². The van der Waals surface area contributed by atoms with Gasteiger partial charge in [0.05, 0.1) is 11.8 Å². The Bertz CT molecular complexity index is 611. The molecule has 0 aliphatic rings. The third-order valence-corrected chi connectivity index (χ3v) is 2.62. The Morgan fingerprint density at radius 3 is 2.67 bits per heavy atom. The summed E-state index contributed by atoms with van der Waals surface area (Å²) in [5.74, 6) is -0.645. The van der Waals surface area contributed by atoms with E-state index in [4.69, 9.17) is 4.74 Å². The van der Waals surface area contributed by atoms with Crippen LogP contribution in [0, 0.1) is 0 Å². The number of benzene rings is 1. The van der Waals surface area contributed by atoms with Crippen molar-refractivity contribution in [2.75, 3.05) is 5.32 Å². The lowest BCUT2D eigenvalue weighted by atomic mass is 10.2. The third kappa shape index (κ3) is 3.74. The first-order valence-corrected chi connectivity index (χ1v) is 6.01. The van der Waals surface area contributed by atoms with E-state index in [2.05, 4.69) is 15.5 Å². The number of rotatable bonds is 4. The van der Waals surface area contributed by atoms with Gasteiger partial charge in [-0.15, -0.1) is 0 Å². The van der Waals surface area contributed by atoms with Gasteiger partial charge in [0.25, 0.3) is 5.91 Å². The van der Waals surface area contributed by atoms with Gasteiger partial charge in [0, 0.05) is 6.07 Å². The van der Waals surface area contributed by atoms with Gasteiger partial charge in [0.2, 0.25) is 0 Å². The molecule has 8 heteroatoms. The van der Waals surface area contributed by atoms with Crippen LogP contribution < -0.4 is 10.1 Å². The van der Waals surface area contributed by atoms with Crippen LogP contribution in [0.4, 0.5) is 19.0 Å². The van der Waals surface area contributed by atoms with Gasteiger partial charge in [-0.3, -0.25) is 9.89 Å². The molecule has 0 radical (unpaired) electrons. The lowest BCUT2D eigenvalue weighted by Crippen LogP contribution is -2.31. The molecule has 2 rings (SSSR count). The normalized spacial score (nSPS) is 12.8. The van der Waals surface area contributed by atoms with Crippen LogP contribution in [0.15, 0.2) is 36.5 Å². The van der Waals surface area contributed by atoms with E-state index in [1.165, 1.54) is 37.4 Å². The Morgan fingerprint density at radius 1 is 1.33 bits per heavy atom. The fraction of sp³-hybridized carbons (Fsp3) is 0.231. The van der Waals surface area contributed by atoms with E-state index < -0.39 is 29.5 Å². The molecule has 21 heavy (non-hydrogen) atoms. The smallest absolute Gasteiger partial charge is 0.419 e. The zero-order valence-electron chi connectivity index (χ0n) is 10.9. The number of halogens is 3. The quantitative estimate of drug-likeness (QED) is 0.912. The molecule has 0 spiro atoms. The fourth-order valence-corrected chi connectivity index (χ4v) is 1.61. The van der Waals surface area contributed by atoms with Gasteiger partial charge < -0.3 is 10.1 Å². The van der Waals surface area contributed by atoms with Crippen LogP contribution in [-0.4, -0.2) is 22.2 Å². The molecule has 0 fully saturated rings. The zero-order valence-corrected chi connectivity index (χ0v) is 10.9. The summed E-state index contributed by atoms with van der Waals surface area (Å²) in [6.45, 7) is 1.36. The van der Waals surface area contributed by atoms with E-state index in [1.54, 1.807) is 0 Å². The summed E-state index contributed by atoms with van der Waals surface area (Å²) in [5, 5.41) is 8.58. The molecule has 2 aromatic rings. The van der Waals surface area contributed by atoms with Crippen LogP contribution in [0.1, 0.15) is 12.5 Å². The van der Waals surface area contributed by atoms with Crippen molar-refractivity contribution < 1.29 is 22.7 Å². The summed E-state index contributed by atoms with van der Waals surface area (Å²) in [5.41, 5.74) is -0.925. The van der Waals surface area contributed by atoms with Crippen molar-refractivity contribution in [2.24, 2.45) is 0 Å². The summed E-state index contributed by atoms with van der Waals surface area (Å²) in [4.78, 5) is 11.8. The average Bonchev–Trinajstić information content (AvgIpc) is 2.91. The first kappa shape index (κ1) is 14.9. The lowest BCUT2D eigenvalue weighted by Gasteiger charge is -2.17. The number of nitrogens with one attached hydrogen (secondary N) is 2. The number of carbonyl (C=O) groups is 1. The number of hydrogen-bond donors (Lipinski definition) is 2. The molecule has 1 amide bonds. The number of amides is 1. The largest absolute Gasteiger partial charge is 0.480 e. The number of para-hydroxylation sites is 1. The highest BCUT2D eigenvalue weighted by Crippen LogP contribution is 2.36. The van der Waals surface area contributed by atoms with E-state index in [-0.39, 0.29) is 0 Å². The van der Waals surface area contributed by atoms with Crippen molar-refractivity contribution in [1.29, 1.82) is 0 Å². The first-order valence-electron chi connectivity index (χ1n) is 6.01. The maximum absolute atomic E-state index is 12.8. The van der Waals surface area contributed by atoms with Crippen molar-refractivity contribution in [3.05, 3.63) is 42.1 Å². The minimum absolute atomic E-state index is 0.333. The van der Waals surface area contributed by atoms with Crippen LogP contribution in [-0.2, 0) is 11.0 Å². The molecule has 0 saturated heterocycles. The third-order valence-electron chi connectivity index (χ3n) is 2.62. The van der Waals surface area contributed by atoms with Gasteiger partial charge in [0.15, 0.2) is 6.10 Å². The van der Waals surface area contributed by atoms with Gasteiger partial charge >= 0.3 is 6.18 Å². The maximum Gasteiger partial charge on any atom is 0.419 e. The molecule has 0 bridgehead atoms. The molecule has 1 unspecified atom stereocenters. The standard InChI is InChI=1S/C13H12F3N3O2/c1-8(12(20)18-11-6-7-17-19-11)21-10-5-3-2-4-9(10)13(14,15)16/h2-8H,1H3,(H2,17,18,19,20). The highest BCUT2D eigenvalue weighted by molar-refractivity contribution is 5.93. The van der Waals surface area contributed by atoms with E-state index >= 15 is 0 Å². The number of aromatic nitrogens is 2. The van der Waals surface area contributed by atoms with E-state index in [0.29, 0.717) is 5.82 Å². The lowest BCUT2D eigenvalue weighted by molar-refractivity contribution is -0.140. The number of alkyl halides is 3. The van der Waals surface area contributed by atoms with Crippen molar-refractivity contribution in [2.45, 2.75) is 19.2 Å². The van der Waals surface area contributed by atoms with Crippen molar-refractivity contribution in [1.82, 2.24) is 10.2 Å². The molecule has 1 aromatic heterocycles. The molecule has 1 heterocycles. The Hall–Kier alpha value is -2.51. The van der Waals surface area contributed by atoms with Crippen LogP contribution >= 0.6 is 0 Å². The summed E-state index contributed by atoms with van der Waals surface area (Å²) >= 11 is 0. The molecule has 1 aromatic carbocycles. The predicted octanol–water partition coefficient (Wildman–Crippen LogP) is 2.83. The number of hydrogen-bond acceptors (Lipinski definition) is 3. The highest BCUT2D eigenvalue weighted by Gasteiger charge is 2.34. The molecule has 2 N–H and O–H groups in total. The van der Waals surface area contributed by atoms with E-state index in [9.17, 15) is 18.0 Å². The molecular weight excluding hydrogens is 287 g/mol. The van der Waals surface area contributed by atoms with Gasteiger partial charge in [0.1, 0.15) is 11.6 Å². The Balaban J connectivity index is 2.09. The monoisotopic (exact) mass is 299 g/mol. The molecule has 5 nitrogen and oxygen atoms in total. The number of carbonyl (C=O) groups excluding carboxylic acids is 1.